The van der Waals surface area contributed by atoms with Gasteiger partial charge in [0.05, 0.1) is 0 Å². The predicted octanol–water partition coefficient (Wildman–Crippen LogP) is 3.84. The Morgan fingerprint density at radius 1 is 1.19 bits per heavy atom. The summed E-state index contributed by atoms with van der Waals surface area (Å²) in [7, 11) is 1.54. The number of nitrogens with one attached hydrogen (secondary N) is 1. The van der Waals surface area contributed by atoms with Crippen LogP contribution in [0.3, 0.4) is 0 Å². The molecule has 0 aromatic heterocycles. The first-order valence-corrected chi connectivity index (χ1v) is 9.22. The van der Waals surface area contributed by atoms with Crippen molar-refractivity contribution in [3.05, 3.63) is 63.6 Å². The fourth-order valence-corrected chi connectivity index (χ4v) is 2.89. The van der Waals surface area contributed by atoms with Crippen LogP contribution in [0.4, 0.5) is 0 Å². The molecule has 0 aliphatic heterocycles. The molecule has 0 spiro atoms. The zero-order valence-corrected chi connectivity index (χ0v) is 17.0. The van der Waals surface area contributed by atoms with E-state index in [-0.39, 0.29) is 25.0 Å². The van der Waals surface area contributed by atoms with Gasteiger partial charge in [0.15, 0.2) is 6.61 Å². The van der Waals surface area contributed by atoms with Gasteiger partial charge in [-0.2, -0.15) is 0 Å². The molecule has 144 valence electrons. The molecule has 0 radical (unpaired) electrons. The van der Waals surface area contributed by atoms with Gasteiger partial charge in [0.2, 0.25) is 5.91 Å². The van der Waals surface area contributed by atoms with Gasteiger partial charge in [-0.25, -0.2) is 0 Å². The first-order valence-electron chi connectivity index (χ1n) is 8.46. The fraction of sp³-hybridized carbons (Fsp3) is 0.300. The van der Waals surface area contributed by atoms with E-state index < -0.39 is 6.04 Å². The van der Waals surface area contributed by atoms with Crippen LogP contribution < -0.4 is 10.1 Å². The molecule has 1 atom stereocenters. The van der Waals surface area contributed by atoms with E-state index in [9.17, 15) is 9.59 Å². The SMILES string of the molecule is CNC(=O)C(C)N(Cc1cccc(Cl)c1)C(=O)COc1ccc(Cl)c(C)c1. The van der Waals surface area contributed by atoms with Crippen LogP contribution in [-0.2, 0) is 16.1 Å². The number of benzene rings is 2. The molecule has 0 aliphatic rings. The van der Waals surface area contributed by atoms with Crippen LogP contribution in [0, 0.1) is 6.92 Å². The highest BCUT2D eigenvalue weighted by Crippen LogP contribution is 2.21. The molecule has 1 unspecified atom stereocenters. The molecule has 0 bridgehead atoms. The molecule has 0 saturated heterocycles. The Balaban J connectivity index is 2.14. The summed E-state index contributed by atoms with van der Waals surface area (Å²) in [6, 6.07) is 11.7. The van der Waals surface area contributed by atoms with Gasteiger partial charge in [-0.3, -0.25) is 9.59 Å². The molecule has 0 aliphatic carbocycles. The normalized spacial score (nSPS) is 11.6. The first-order chi connectivity index (χ1) is 12.8. The number of halogens is 2. The number of nitrogens with zero attached hydrogens (tertiary/aromatic N) is 1. The van der Waals surface area contributed by atoms with Crippen LogP contribution >= 0.6 is 23.2 Å². The smallest absolute Gasteiger partial charge is 0.261 e. The Morgan fingerprint density at radius 2 is 1.93 bits per heavy atom. The largest absolute Gasteiger partial charge is 0.484 e. The average molecular weight is 409 g/mol. The van der Waals surface area contributed by atoms with E-state index in [0.717, 1.165) is 11.1 Å². The van der Waals surface area contributed by atoms with Crippen molar-refractivity contribution in [2.45, 2.75) is 26.4 Å². The summed E-state index contributed by atoms with van der Waals surface area (Å²) < 4.78 is 5.60. The number of amides is 2. The molecule has 2 aromatic rings. The first kappa shape index (κ1) is 21.1. The van der Waals surface area contributed by atoms with Gasteiger partial charge in [-0.15, -0.1) is 0 Å². The minimum absolute atomic E-state index is 0.191. The summed E-state index contributed by atoms with van der Waals surface area (Å²) in [6.45, 7) is 3.59. The van der Waals surface area contributed by atoms with E-state index in [1.54, 1.807) is 43.3 Å². The molecular weight excluding hydrogens is 387 g/mol. The summed E-state index contributed by atoms with van der Waals surface area (Å²) in [5.74, 6) is -0.0213. The third kappa shape index (κ3) is 5.88. The van der Waals surface area contributed by atoms with Gasteiger partial charge >= 0.3 is 0 Å². The molecule has 2 amide bonds. The molecule has 0 heterocycles. The van der Waals surface area contributed by atoms with Gasteiger partial charge in [-0.05, 0) is 55.3 Å². The third-order valence-corrected chi connectivity index (χ3v) is 4.81. The molecular formula is C20H22Cl2N2O3. The maximum Gasteiger partial charge on any atom is 0.261 e. The van der Waals surface area contributed by atoms with Gasteiger partial charge in [0.1, 0.15) is 11.8 Å². The second-order valence-corrected chi connectivity index (χ2v) is 6.99. The van der Waals surface area contributed by atoms with Gasteiger partial charge in [0, 0.05) is 23.6 Å². The number of hydrogen-bond donors (Lipinski definition) is 1. The van der Waals surface area contributed by atoms with Crippen molar-refractivity contribution in [1.29, 1.82) is 0 Å². The second kappa shape index (κ2) is 9.62. The lowest BCUT2D eigenvalue weighted by atomic mass is 10.1. The summed E-state index contributed by atoms with van der Waals surface area (Å²) in [4.78, 5) is 26.3. The lowest BCUT2D eigenvalue weighted by molar-refractivity contribution is -0.142. The van der Waals surface area contributed by atoms with Crippen LogP contribution in [0.2, 0.25) is 10.0 Å². The lowest BCUT2D eigenvalue weighted by Gasteiger charge is -2.28. The van der Waals surface area contributed by atoms with Crippen LogP contribution in [0.25, 0.3) is 0 Å². The zero-order valence-electron chi connectivity index (χ0n) is 15.5. The summed E-state index contributed by atoms with van der Waals surface area (Å²) in [5.41, 5.74) is 1.69. The maximum absolute atomic E-state index is 12.8. The van der Waals surface area contributed by atoms with E-state index in [0.29, 0.717) is 15.8 Å². The fourth-order valence-electron chi connectivity index (χ4n) is 2.56. The Kier molecular flexibility index (Phi) is 7.51. The lowest BCUT2D eigenvalue weighted by Crippen LogP contribution is -2.48. The number of carbonyl (C=O) groups is 2. The van der Waals surface area contributed by atoms with Crippen LogP contribution in [-0.4, -0.2) is 36.4 Å². The molecule has 0 fully saturated rings. The number of hydrogen-bond acceptors (Lipinski definition) is 3. The van der Waals surface area contributed by atoms with E-state index in [1.165, 1.54) is 11.9 Å². The number of likely N-dealkylation sites (N-methyl/N-ethyl adjacent to an activating group) is 1. The Hall–Kier alpha value is -2.24. The molecule has 5 nitrogen and oxygen atoms in total. The number of aryl methyl sites for hydroxylation is 1. The molecule has 2 aromatic carbocycles. The minimum atomic E-state index is -0.656. The van der Waals surface area contributed by atoms with Gasteiger partial charge in [0.25, 0.3) is 5.91 Å². The Labute approximate surface area is 169 Å². The topological polar surface area (TPSA) is 58.6 Å². The van der Waals surface area contributed by atoms with Gasteiger partial charge in [-0.1, -0.05) is 35.3 Å². The van der Waals surface area contributed by atoms with Crippen LogP contribution in [0.15, 0.2) is 42.5 Å². The third-order valence-electron chi connectivity index (χ3n) is 4.15. The quantitative estimate of drug-likeness (QED) is 0.756. The van der Waals surface area contributed by atoms with E-state index >= 15 is 0 Å². The number of ether oxygens (including phenoxy) is 1. The van der Waals surface area contributed by atoms with Crippen molar-refractivity contribution < 1.29 is 14.3 Å². The zero-order chi connectivity index (χ0) is 20.0. The average Bonchev–Trinajstić information content (AvgIpc) is 2.65. The van der Waals surface area contributed by atoms with Crippen molar-refractivity contribution in [1.82, 2.24) is 10.2 Å². The van der Waals surface area contributed by atoms with E-state index in [2.05, 4.69) is 5.32 Å². The molecule has 1 N–H and O–H groups in total. The predicted molar refractivity (Wildman–Crippen MR) is 107 cm³/mol. The van der Waals surface area contributed by atoms with E-state index in [1.807, 2.05) is 13.0 Å². The van der Waals surface area contributed by atoms with Crippen molar-refractivity contribution in [2.75, 3.05) is 13.7 Å². The highest BCUT2D eigenvalue weighted by atomic mass is 35.5. The van der Waals surface area contributed by atoms with Crippen LogP contribution in [0.1, 0.15) is 18.1 Å². The molecule has 7 heteroatoms. The second-order valence-electron chi connectivity index (χ2n) is 6.14. The highest BCUT2D eigenvalue weighted by molar-refractivity contribution is 6.31. The van der Waals surface area contributed by atoms with Crippen LogP contribution in [0.5, 0.6) is 5.75 Å². The highest BCUT2D eigenvalue weighted by Gasteiger charge is 2.26. The van der Waals surface area contributed by atoms with Crippen molar-refractivity contribution >= 4 is 35.0 Å². The Bertz CT molecular complexity index is 827. The standard InChI is InChI=1S/C20H22Cl2N2O3/c1-13-9-17(7-8-18(13)22)27-12-19(25)24(14(2)20(26)23-3)11-15-5-4-6-16(21)10-15/h4-10,14H,11-12H2,1-3H3,(H,23,26). The maximum atomic E-state index is 12.8. The molecule has 0 saturated carbocycles. The Morgan fingerprint density at radius 3 is 2.56 bits per heavy atom. The van der Waals surface area contributed by atoms with Gasteiger partial charge < -0.3 is 15.0 Å². The monoisotopic (exact) mass is 408 g/mol. The van der Waals surface area contributed by atoms with E-state index in [4.69, 9.17) is 27.9 Å². The number of carbonyl (C=O) groups excluding carboxylic acids is 2. The summed E-state index contributed by atoms with van der Waals surface area (Å²) >= 11 is 12.0. The summed E-state index contributed by atoms with van der Waals surface area (Å²) in [6.07, 6.45) is 0. The van der Waals surface area contributed by atoms with Crippen molar-refractivity contribution in [3.63, 3.8) is 0 Å². The van der Waals surface area contributed by atoms with Crippen molar-refractivity contribution in [2.24, 2.45) is 0 Å². The van der Waals surface area contributed by atoms with Crippen molar-refractivity contribution in [3.8, 4) is 5.75 Å². The molecule has 27 heavy (non-hydrogen) atoms. The summed E-state index contributed by atoms with van der Waals surface area (Å²) in [5, 5.41) is 3.77. The molecule has 2 rings (SSSR count). The number of rotatable bonds is 7. The minimum Gasteiger partial charge on any atom is -0.484 e.